The molecule has 2 aromatic carbocycles. The molecular formula is C20H22FNO4S. The summed E-state index contributed by atoms with van der Waals surface area (Å²) in [5, 5.41) is 3.02. The number of rotatable bonds is 6. The van der Waals surface area contributed by atoms with Gasteiger partial charge in [0.05, 0.1) is 33.8 Å². The average Bonchev–Trinajstić information content (AvgIpc) is 2.67. The van der Waals surface area contributed by atoms with Crippen LogP contribution in [0.15, 0.2) is 35.2 Å². The topological polar surface area (TPSA) is 56.8 Å². The first-order valence-electron chi connectivity index (χ1n) is 8.56. The summed E-state index contributed by atoms with van der Waals surface area (Å²) in [4.78, 5) is 13.6. The summed E-state index contributed by atoms with van der Waals surface area (Å²) in [5.41, 5.74) is 1.58. The first-order valence-corrected chi connectivity index (χ1v) is 9.54. The van der Waals surface area contributed by atoms with Gasteiger partial charge in [-0.05, 0) is 47.9 Å². The predicted molar refractivity (Wildman–Crippen MR) is 102 cm³/mol. The number of carbonyl (C=O) groups is 1. The van der Waals surface area contributed by atoms with E-state index in [-0.39, 0.29) is 24.2 Å². The van der Waals surface area contributed by atoms with Gasteiger partial charge in [0.2, 0.25) is 11.7 Å². The summed E-state index contributed by atoms with van der Waals surface area (Å²) in [6.45, 7) is 0. The minimum Gasteiger partial charge on any atom is -0.493 e. The molecule has 3 rings (SSSR count). The molecule has 2 aromatic rings. The maximum absolute atomic E-state index is 13.6. The van der Waals surface area contributed by atoms with Crippen molar-refractivity contribution in [1.82, 2.24) is 5.32 Å². The fourth-order valence-electron chi connectivity index (χ4n) is 3.18. The van der Waals surface area contributed by atoms with Gasteiger partial charge < -0.3 is 19.5 Å². The third-order valence-corrected chi connectivity index (χ3v) is 5.56. The molecule has 1 N–H and O–H groups in total. The molecule has 1 atom stereocenters. The van der Waals surface area contributed by atoms with E-state index < -0.39 is 0 Å². The molecule has 1 aliphatic heterocycles. The lowest BCUT2D eigenvalue weighted by molar-refractivity contribution is -0.121. The van der Waals surface area contributed by atoms with Crippen molar-refractivity contribution in [2.75, 3.05) is 27.1 Å². The highest BCUT2D eigenvalue weighted by atomic mass is 32.2. The zero-order chi connectivity index (χ0) is 19.4. The minimum atomic E-state index is -0.292. The number of ether oxygens (including phenoxy) is 3. The molecule has 1 aliphatic rings. The Balaban J connectivity index is 1.77. The Morgan fingerprint density at radius 3 is 2.48 bits per heavy atom. The van der Waals surface area contributed by atoms with Crippen molar-refractivity contribution >= 4 is 17.7 Å². The summed E-state index contributed by atoms with van der Waals surface area (Å²) >= 11 is 1.68. The molecule has 0 spiro atoms. The molecule has 1 amide bonds. The second kappa shape index (κ2) is 8.52. The van der Waals surface area contributed by atoms with Crippen LogP contribution in [0.4, 0.5) is 4.39 Å². The van der Waals surface area contributed by atoms with Crippen LogP contribution in [0.2, 0.25) is 0 Å². The van der Waals surface area contributed by atoms with E-state index in [0.29, 0.717) is 17.2 Å². The molecule has 144 valence electrons. The number of hydrogen-bond donors (Lipinski definition) is 1. The van der Waals surface area contributed by atoms with Gasteiger partial charge in [0.15, 0.2) is 11.5 Å². The van der Waals surface area contributed by atoms with Crippen LogP contribution in [-0.4, -0.2) is 33.0 Å². The molecule has 27 heavy (non-hydrogen) atoms. The van der Waals surface area contributed by atoms with E-state index in [0.717, 1.165) is 28.2 Å². The van der Waals surface area contributed by atoms with Crippen molar-refractivity contribution in [3.63, 3.8) is 0 Å². The van der Waals surface area contributed by atoms with Crippen LogP contribution in [0.25, 0.3) is 0 Å². The van der Waals surface area contributed by atoms with Crippen LogP contribution in [0, 0.1) is 5.82 Å². The zero-order valence-electron chi connectivity index (χ0n) is 15.5. The Hall–Kier alpha value is -2.41. The molecule has 1 heterocycles. The smallest absolute Gasteiger partial charge is 0.224 e. The predicted octanol–water partition coefficient (Wildman–Crippen LogP) is 3.75. The monoisotopic (exact) mass is 391 g/mol. The van der Waals surface area contributed by atoms with Crippen LogP contribution in [0.1, 0.15) is 23.6 Å². The molecule has 0 radical (unpaired) electrons. The number of nitrogens with one attached hydrogen (secondary N) is 1. The summed E-state index contributed by atoms with van der Waals surface area (Å²) in [7, 11) is 4.60. The van der Waals surface area contributed by atoms with Crippen LogP contribution in [-0.2, 0) is 11.2 Å². The van der Waals surface area contributed by atoms with Gasteiger partial charge in [0, 0.05) is 10.6 Å². The fourth-order valence-corrected chi connectivity index (χ4v) is 4.29. The van der Waals surface area contributed by atoms with Crippen molar-refractivity contribution in [2.24, 2.45) is 0 Å². The van der Waals surface area contributed by atoms with Gasteiger partial charge in [-0.15, -0.1) is 11.8 Å². The maximum Gasteiger partial charge on any atom is 0.224 e. The van der Waals surface area contributed by atoms with Crippen LogP contribution >= 0.6 is 11.8 Å². The molecule has 5 nitrogen and oxygen atoms in total. The number of hydrogen-bond acceptors (Lipinski definition) is 5. The van der Waals surface area contributed by atoms with Crippen LogP contribution in [0.3, 0.4) is 0 Å². The number of fused-ring (bicyclic) bond motifs is 1. The molecule has 0 saturated heterocycles. The normalized spacial score (nSPS) is 15.6. The van der Waals surface area contributed by atoms with Gasteiger partial charge in [-0.2, -0.15) is 0 Å². The lowest BCUT2D eigenvalue weighted by Gasteiger charge is -2.26. The van der Waals surface area contributed by atoms with Crippen molar-refractivity contribution in [3.05, 3.63) is 47.3 Å². The first kappa shape index (κ1) is 19.4. The molecule has 0 aliphatic carbocycles. The van der Waals surface area contributed by atoms with Gasteiger partial charge >= 0.3 is 0 Å². The third kappa shape index (κ3) is 4.30. The maximum atomic E-state index is 13.6. The standard InChI is InChI=1S/C20H22FNO4S/c1-24-16-8-12(9-17(25-2)20(16)26-3)10-19(23)22-15-6-7-27-18-5-4-13(21)11-14(15)18/h4-5,8-9,11,15H,6-7,10H2,1-3H3,(H,22,23). The van der Waals surface area contributed by atoms with E-state index in [1.807, 2.05) is 0 Å². The molecule has 0 saturated carbocycles. The van der Waals surface area contributed by atoms with Gasteiger partial charge in [-0.25, -0.2) is 4.39 Å². The van der Waals surface area contributed by atoms with Gasteiger partial charge in [-0.3, -0.25) is 4.79 Å². The highest BCUT2D eigenvalue weighted by molar-refractivity contribution is 7.99. The Morgan fingerprint density at radius 1 is 1.15 bits per heavy atom. The third-order valence-electron chi connectivity index (χ3n) is 4.44. The van der Waals surface area contributed by atoms with E-state index in [1.54, 1.807) is 30.0 Å². The SMILES string of the molecule is COc1cc(CC(=O)NC2CCSc3ccc(F)cc32)cc(OC)c1OC. The number of benzene rings is 2. The molecule has 0 aromatic heterocycles. The van der Waals surface area contributed by atoms with Crippen molar-refractivity contribution in [2.45, 2.75) is 23.8 Å². The van der Waals surface area contributed by atoms with Crippen molar-refractivity contribution < 1.29 is 23.4 Å². The highest BCUT2D eigenvalue weighted by Crippen LogP contribution is 2.39. The van der Waals surface area contributed by atoms with Gasteiger partial charge in [-0.1, -0.05) is 0 Å². The Bertz CT molecular complexity index is 818. The first-order chi connectivity index (χ1) is 13.0. The van der Waals surface area contributed by atoms with E-state index in [1.165, 1.54) is 33.5 Å². The molecule has 0 fully saturated rings. The Kier molecular flexibility index (Phi) is 6.11. The summed E-state index contributed by atoms with van der Waals surface area (Å²) in [6.07, 6.45) is 0.924. The Morgan fingerprint density at radius 2 is 1.85 bits per heavy atom. The molecule has 0 bridgehead atoms. The second-order valence-electron chi connectivity index (χ2n) is 6.15. The number of thioether (sulfide) groups is 1. The quantitative estimate of drug-likeness (QED) is 0.813. The fraction of sp³-hybridized carbons (Fsp3) is 0.350. The Labute approximate surface area is 162 Å². The van der Waals surface area contributed by atoms with Gasteiger partial charge in [0.25, 0.3) is 0 Å². The second-order valence-corrected chi connectivity index (χ2v) is 7.29. The van der Waals surface area contributed by atoms with Crippen LogP contribution < -0.4 is 19.5 Å². The van der Waals surface area contributed by atoms with Crippen molar-refractivity contribution in [3.8, 4) is 17.2 Å². The lowest BCUT2D eigenvalue weighted by Crippen LogP contribution is -2.31. The number of carbonyl (C=O) groups excluding carboxylic acids is 1. The summed E-state index contributed by atoms with van der Waals surface area (Å²) in [5.74, 6) is 1.94. The largest absolute Gasteiger partial charge is 0.493 e. The summed E-state index contributed by atoms with van der Waals surface area (Å²) in [6, 6.07) is 8.05. The average molecular weight is 391 g/mol. The molecule has 7 heteroatoms. The van der Waals surface area contributed by atoms with Crippen molar-refractivity contribution in [1.29, 1.82) is 0 Å². The number of halogens is 1. The number of methoxy groups -OCH3 is 3. The zero-order valence-corrected chi connectivity index (χ0v) is 16.3. The molecule has 1 unspecified atom stereocenters. The van der Waals surface area contributed by atoms with Gasteiger partial charge in [0.1, 0.15) is 5.82 Å². The van der Waals surface area contributed by atoms with E-state index >= 15 is 0 Å². The highest BCUT2D eigenvalue weighted by Gasteiger charge is 2.23. The number of amides is 1. The molecular weight excluding hydrogens is 369 g/mol. The summed E-state index contributed by atoms with van der Waals surface area (Å²) < 4.78 is 29.6. The van der Waals surface area contributed by atoms with E-state index in [4.69, 9.17) is 14.2 Å². The van der Waals surface area contributed by atoms with E-state index in [9.17, 15) is 9.18 Å². The van der Waals surface area contributed by atoms with E-state index in [2.05, 4.69) is 5.32 Å². The van der Waals surface area contributed by atoms with Crippen LogP contribution in [0.5, 0.6) is 17.2 Å². The minimum absolute atomic E-state index is 0.142. The lowest BCUT2D eigenvalue weighted by atomic mass is 10.0.